The number of hydrogen-bond acceptors (Lipinski definition) is 3. The third-order valence-corrected chi connectivity index (χ3v) is 2.56. The van der Waals surface area contributed by atoms with Crippen molar-refractivity contribution >= 4 is 5.91 Å². The fourth-order valence-electron chi connectivity index (χ4n) is 1.54. The first-order valence-electron chi connectivity index (χ1n) is 5.83. The van der Waals surface area contributed by atoms with Crippen molar-refractivity contribution in [2.75, 3.05) is 19.8 Å². The SMILES string of the molecule is CC.CC(=O)NCNC1(C)CCNCC1. The molecule has 15 heavy (non-hydrogen) atoms. The quantitative estimate of drug-likeness (QED) is 0.611. The maximum atomic E-state index is 10.6. The van der Waals surface area contributed by atoms with E-state index in [9.17, 15) is 4.79 Å². The van der Waals surface area contributed by atoms with Crippen LogP contribution in [0.15, 0.2) is 0 Å². The molecule has 0 unspecified atom stereocenters. The maximum Gasteiger partial charge on any atom is 0.217 e. The van der Waals surface area contributed by atoms with Crippen molar-refractivity contribution in [3.05, 3.63) is 0 Å². The normalized spacial score (nSPS) is 18.7. The summed E-state index contributed by atoms with van der Waals surface area (Å²) < 4.78 is 0. The van der Waals surface area contributed by atoms with Crippen molar-refractivity contribution in [3.63, 3.8) is 0 Å². The second-order valence-corrected chi connectivity index (χ2v) is 3.90. The molecule has 0 aromatic heterocycles. The lowest BCUT2D eigenvalue weighted by Crippen LogP contribution is -2.53. The fourth-order valence-corrected chi connectivity index (χ4v) is 1.54. The molecule has 1 saturated heterocycles. The van der Waals surface area contributed by atoms with Crippen molar-refractivity contribution < 1.29 is 4.79 Å². The lowest BCUT2D eigenvalue weighted by atomic mass is 9.91. The van der Waals surface area contributed by atoms with Crippen molar-refractivity contribution in [1.29, 1.82) is 0 Å². The molecule has 1 fully saturated rings. The van der Waals surface area contributed by atoms with Crippen LogP contribution in [0.5, 0.6) is 0 Å². The van der Waals surface area contributed by atoms with Gasteiger partial charge in [0.05, 0.1) is 6.67 Å². The Morgan fingerprint density at radius 2 is 1.87 bits per heavy atom. The van der Waals surface area contributed by atoms with Gasteiger partial charge < -0.3 is 10.6 Å². The van der Waals surface area contributed by atoms with Crippen LogP contribution in [0.4, 0.5) is 0 Å². The highest BCUT2D eigenvalue weighted by Gasteiger charge is 2.25. The second-order valence-electron chi connectivity index (χ2n) is 3.90. The topological polar surface area (TPSA) is 53.2 Å². The molecule has 0 radical (unpaired) electrons. The van der Waals surface area contributed by atoms with Gasteiger partial charge >= 0.3 is 0 Å². The number of carbonyl (C=O) groups excluding carboxylic acids is 1. The van der Waals surface area contributed by atoms with Crippen molar-refractivity contribution in [3.8, 4) is 0 Å². The highest BCUT2D eigenvalue weighted by molar-refractivity contribution is 5.72. The largest absolute Gasteiger partial charge is 0.344 e. The lowest BCUT2D eigenvalue weighted by molar-refractivity contribution is -0.119. The monoisotopic (exact) mass is 215 g/mol. The third kappa shape index (κ3) is 6.47. The fraction of sp³-hybridized carbons (Fsp3) is 0.909. The Kier molecular flexibility index (Phi) is 7.34. The van der Waals surface area contributed by atoms with Crippen LogP contribution in [0.1, 0.15) is 40.5 Å². The molecule has 1 heterocycles. The van der Waals surface area contributed by atoms with Gasteiger partial charge in [-0.05, 0) is 32.9 Å². The Morgan fingerprint density at radius 3 is 2.33 bits per heavy atom. The summed E-state index contributed by atoms with van der Waals surface area (Å²) in [4.78, 5) is 10.6. The molecule has 90 valence electrons. The van der Waals surface area contributed by atoms with Crippen molar-refractivity contribution in [1.82, 2.24) is 16.0 Å². The van der Waals surface area contributed by atoms with Crippen molar-refractivity contribution in [2.45, 2.75) is 46.1 Å². The summed E-state index contributed by atoms with van der Waals surface area (Å²) in [7, 11) is 0. The molecule has 3 N–H and O–H groups in total. The summed E-state index contributed by atoms with van der Waals surface area (Å²) in [6.45, 7) is 10.4. The molecule has 0 aliphatic carbocycles. The van der Waals surface area contributed by atoms with Gasteiger partial charge in [0.15, 0.2) is 0 Å². The smallest absolute Gasteiger partial charge is 0.217 e. The van der Waals surface area contributed by atoms with E-state index in [0.29, 0.717) is 6.67 Å². The molecule has 0 saturated carbocycles. The van der Waals surface area contributed by atoms with E-state index in [2.05, 4.69) is 22.9 Å². The van der Waals surface area contributed by atoms with Gasteiger partial charge in [-0.3, -0.25) is 10.1 Å². The van der Waals surface area contributed by atoms with Crippen LogP contribution in [-0.4, -0.2) is 31.2 Å². The Bertz CT molecular complexity index is 177. The number of nitrogens with one attached hydrogen (secondary N) is 3. The summed E-state index contributed by atoms with van der Waals surface area (Å²) in [5, 5.41) is 9.42. The Morgan fingerprint density at radius 1 is 1.33 bits per heavy atom. The first-order valence-corrected chi connectivity index (χ1v) is 5.83. The molecule has 1 rings (SSSR count). The first kappa shape index (κ1) is 14.4. The highest BCUT2D eigenvalue weighted by atomic mass is 16.1. The number of piperidine rings is 1. The molecular weight excluding hydrogens is 190 g/mol. The minimum absolute atomic E-state index is 0.0186. The van der Waals surface area contributed by atoms with Crippen LogP contribution in [0, 0.1) is 0 Å². The molecular formula is C11H25N3O. The van der Waals surface area contributed by atoms with Crippen LogP contribution < -0.4 is 16.0 Å². The van der Waals surface area contributed by atoms with Gasteiger partial charge in [0.2, 0.25) is 5.91 Å². The molecule has 0 spiro atoms. The van der Waals surface area contributed by atoms with Crippen LogP contribution in [-0.2, 0) is 4.79 Å². The van der Waals surface area contributed by atoms with E-state index in [1.165, 1.54) is 6.92 Å². The summed E-state index contributed by atoms with van der Waals surface area (Å²) in [5.74, 6) is 0.0186. The number of hydrogen-bond donors (Lipinski definition) is 3. The van der Waals surface area contributed by atoms with E-state index in [-0.39, 0.29) is 11.4 Å². The van der Waals surface area contributed by atoms with E-state index in [1.54, 1.807) is 0 Å². The molecule has 4 nitrogen and oxygen atoms in total. The van der Waals surface area contributed by atoms with Crippen molar-refractivity contribution in [2.24, 2.45) is 0 Å². The molecule has 1 aliphatic heterocycles. The predicted molar refractivity (Wildman–Crippen MR) is 63.7 cm³/mol. The maximum absolute atomic E-state index is 10.6. The predicted octanol–water partition coefficient (Wildman–Crippen LogP) is 0.838. The number of amides is 1. The lowest BCUT2D eigenvalue weighted by Gasteiger charge is -2.35. The molecule has 4 heteroatoms. The summed E-state index contributed by atoms with van der Waals surface area (Å²) in [5.41, 5.74) is 0.188. The third-order valence-electron chi connectivity index (χ3n) is 2.56. The van der Waals surface area contributed by atoms with Gasteiger partial charge in [0, 0.05) is 12.5 Å². The van der Waals surface area contributed by atoms with E-state index in [1.807, 2.05) is 13.8 Å². The summed E-state index contributed by atoms with van der Waals surface area (Å²) >= 11 is 0. The Hall–Kier alpha value is -0.610. The molecule has 0 atom stereocenters. The first-order chi connectivity index (χ1) is 7.12. The van der Waals surface area contributed by atoms with Crippen LogP contribution in [0.25, 0.3) is 0 Å². The van der Waals surface area contributed by atoms with E-state index < -0.39 is 0 Å². The van der Waals surface area contributed by atoms with Gasteiger partial charge in [-0.15, -0.1) is 0 Å². The zero-order valence-corrected chi connectivity index (χ0v) is 10.4. The van der Waals surface area contributed by atoms with Crippen LogP contribution in [0.3, 0.4) is 0 Å². The van der Waals surface area contributed by atoms with Crippen LogP contribution >= 0.6 is 0 Å². The zero-order chi connectivity index (χ0) is 11.7. The number of rotatable bonds is 3. The van der Waals surface area contributed by atoms with Gasteiger partial charge in [-0.2, -0.15) is 0 Å². The standard InChI is InChI=1S/C9H19N3O.C2H6/c1-8(13)11-7-12-9(2)3-5-10-6-4-9;1-2/h10,12H,3-7H2,1-2H3,(H,11,13);1-2H3. The molecule has 0 bridgehead atoms. The molecule has 0 aromatic carbocycles. The average Bonchev–Trinajstić information content (AvgIpc) is 2.21. The average molecular weight is 215 g/mol. The van der Waals surface area contributed by atoms with E-state index >= 15 is 0 Å². The van der Waals surface area contributed by atoms with Gasteiger partial charge in [-0.25, -0.2) is 0 Å². The Balaban J connectivity index is 0.000000921. The van der Waals surface area contributed by atoms with Gasteiger partial charge in [0.1, 0.15) is 0 Å². The van der Waals surface area contributed by atoms with E-state index in [4.69, 9.17) is 0 Å². The number of carbonyl (C=O) groups is 1. The van der Waals surface area contributed by atoms with Gasteiger partial charge in [0.25, 0.3) is 0 Å². The van der Waals surface area contributed by atoms with E-state index in [0.717, 1.165) is 25.9 Å². The van der Waals surface area contributed by atoms with Gasteiger partial charge in [-0.1, -0.05) is 13.8 Å². The second kappa shape index (κ2) is 7.65. The minimum Gasteiger partial charge on any atom is -0.344 e. The molecule has 0 aromatic rings. The summed E-state index contributed by atoms with van der Waals surface area (Å²) in [6, 6.07) is 0. The minimum atomic E-state index is 0.0186. The Labute approximate surface area is 93.2 Å². The molecule has 1 aliphatic rings. The molecule has 1 amide bonds. The van der Waals surface area contributed by atoms with Crippen LogP contribution in [0.2, 0.25) is 0 Å². The zero-order valence-electron chi connectivity index (χ0n) is 10.4. The summed E-state index contributed by atoms with van der Waals surface area (Å²) in [6.07, 6.45) is 2.24. The highest BCUT2D eigenvalue weighted by Crippen LogP contribution is 2.15.